The maximum absolute atomic E-state index is 12.6. The third-order valence-electron chi connectivity index (χ3n) is 2.82. The smallest absolute Gasteiger partial charge is 0.272 e. The first-order chi connectivity index (χ1) is 9.14. The van der Waals surface area contributed by atoms with Gasteiger partial charge in [0.05, 0.1) is 7.11 Å². The van der Waals surface area contributed by atoms with Crippen molar-refractivity contribution < 1.29 is 13.2 Å². The predicted molar refractivity (Wildman–Crippen MR) is 67.8 cm³/mol. The van der Waals surface area contributed by atoms with Crippen LogP contribution >= 0.6 is 11.5 Å². The number of methoxy groups -OCH3 is 1. The van der Waals surface area contributed by atoms with E-state index in [-0.39, 0.29) is 10.8 Å². The van der Waals surface area contributed by atoms with Crippen LogP contribution in [-0.4, -0.2) is 41.2 Å². The van der Waals surface area contributed by atoms with Crippen molar-refractivity contribution in [3.8, 4) is 5.88 Å². The quantitative estimate of drug-likeness (QED) is 0.812. The molecular formula is C9H11N5O3S2. The van der Waals surface area contributed by atoms with E-state index in [0.717, 1.165) is 11.5 Å². The van der Waals surface area contributed by atoms with Crippen molar-refractivity contribution in [2.24, 2.45) is 0 Å². The number of hydrogen-bond donors (Lipinski definition) is 0. The Balaban J connectivity index is 2.08. The third-order valence-corrected chi connectivity index (χ3v) is 5.35. The SMILES string of the molecule is COc1nscc1S(=O)(=O)N1CCCn2ncnc21. The number of aryl methyl sites for hydroxylation is 1. The van der Waals surface area contributed by atoms with Crippen molar-refractivity contribution in [3.63, 3.8) is 0 Å². The molecule has 3 rings (SSSR count). The van der Waals surface area contributed by atoms with E-state index in [1.165, 1.54) is 23.1 Å². The van der Waals surface area contributed by atoms with Crippen LogP contribution in [0.2, 0.25) is 0 Å². The molecule has 0 unspecified atom stereocenters. The third kappa shape index (κ3) is 1.87. The van der Waals surface area contributed by atoms with Gasteiger partial charge < -0.3 is 4.74 Å². The van der Waals surface area contributed by atoms with Gasteiger partial charge in [-0.25, -0.2) is 17.4 Å². The van der Waals surface area contributed by atoms with Crippen LogP contribution < -0.4 is 9.04 Å². The molecule has 0 aliphatic carbocycles. The number of ether oxygens (including phenoxy) is 1. The molecule has 8 nitrogen and oxygen atoms in total. The van der Waals surface area contributed by atoms with Gasteiger partial charge in [0, 0.05) is 18.5 Å². The number of anilines is 1. The van der Waals surface area contributed by atoms with Crippen molar-refractivity contribution in [1.82, 2.24) is 19.1 Å². The fourth-order valence-electron chi connectivity index (χ4n) is 1.95. The fourth-order valence-corrected chi connectivity index (χ4v) is 4.45. The molecule has 0 saturated carbocycles. The van der Waals surface area contributed by atoms with Crippen LogP contribution in [0.15, 0.2) is 16.6 Å². The van der Waals surface area contributed by atoms with E-state index in [2.05, 4.69) is 14.5 Å². The van der Waals surface area contributed by atoms with Crippen LogP contribution in [0.25, 0.3) is 0 Å². The molecule has 19 heavy (non-hydrogen) atoms. The molecule has 102 valence electrons. The van der Waals surface area contributed by atoms with E-state index in [4.69, 9.17) is 4.74 Å². The Kier molecular flexibility index (Phi) is 2.90. The van der Waals surface area contributed by atoms with Gasteiger partial charge in [-0.3, -0.25) is 0 Å². The van der Waals surface area contributed by atoms with Gasteiger partial charge >= 0.3 is 0 Å². The zero-order valence-electron chi connectivity index (χ0n) is 10.1. The lowest BCUT2D eigenvalue weighted by Crippen LogP contribution is -2.38. The zero-order valence-corrected chi connectivity index (χ0v) is 11.7. The molecule has 0 aromatic carbocycles. The number of nitrogens with zero attached hydrogens (tertiary/aromatic N) is 5. The lowest BCUT2D eigenvalue weighted by molar-refractivity contribution is 0.390. The van der Waals surface area contributed by atoms with E-state index >= 15 is 0 Å². The first-order valence-corrected chi connectivity index (χ1v) is 7.81. The van der Waals surface area contributed by atoms with Crippen molar-refractivity contribution in [1.29, 1.82) is 0 Å². The van der Waals surface area contributed by atoms with Crippen LogP contribution in [0.1, 0.15) is 6.42 Å². The van der Waals surface area contributed by atoms with Crippen LogP contribution in [-0.2, 0) is 16.6 Å². The minimum atomic E-state index is -3.71. The van der Waals surface area contributed by atoms with Crippen LogP contribution in [0.5, 0.6) is 5.88 Å². The summed E-state index contributed by atoms with van der Waals surface area (Å²) in [7, 11) is -2.32. The summed E-state index contributed by atoms with van der Waals surface area (Å²) in [5.74, 6) is 0.446. The van der Waals surface area contributed by atoms with Gasteiger partial charge in [-0.15, -0.1) is 0 Å². The second-order valence-corrected chi connectivity index (χ2v) is 6.36. The second-order valence-electron chi connectivity index (χ2n) is 3.90. The highest BCUT2D eigenvalue weighted by Crippen LogP contribution is 2.31. The summed E-state index contributed by atoms with van der Waals surface area (Å²) in [4.78, 5) is 4.08. The van der Waals surface area contributed by atoms with Crippen molar-refractivity contribution in [2.45, 2.75) is 17.9 Å². The Bertz CT molecular complexity index is 692. The van der Waals surface area contributed by atoms with Crippen molar-refractivity contribution in [2.75, 3.05) is 18.0 Å². The van der Waals surface area contributed by atoms with Gasteiger partial charge in [0.25, 0.3) is 10.0 Å². The number of fused-ring (bicyclic) bond motifs is 1. The average molecular weight is 301 g/mol. The van der Waals surface area contributed by atoms with Gasteiger partial charge in [-0.1, -0.05) is 0 Å². The summed E-state index contributed by atoms with van der Waals surface area (Å²) in [6.07, 6.45) is 2.04. The summed E-state index contributed by atoms with van der Waals surface area (Å²) in [5, 5.41) is 5.46. The molecule has 3 heterocycles. The van der Waals surface area contributed by atoms with E-state index in [9.17, 15) is 8.42 Å². The summed E-state index contributed by atoms with van der Waals surface area (Å²) < 4.78 is 37.0. The molecule has 2 aromatic rings. The largest absolute Gasteiger partial charge is 0.479 e. The standard InChI is InChI=1S/C9H11N5O3S2/c1-17-8-7(5-18-12-8)19(15,16)14-4-2-3-13-9(14)10-6-11-13/h5-6H,2-4H2,1H3. The minimum Gasteiger partial charge on any atom is -0.479 e. The zero-order chi connectivity index (χ0) is 13.5. The average Bonchev–Trinajstić information content (AvgIpc) is 3.06. The molecule has 0 spiro atoms. The Morgan fingerprint density at radius 1 is 1.42 bits per heavy atom. The van der Waals surface area contributed by atoms with E-state index in [1.54, 1.807) is 4.68 Å². The van der Waals surface area contributed by atoms with Gasteiger partial charge in [0.1, 0.15) is 6.33 Å². The molecule has 0 radical (unpaired) electrons. The maximum atomic E-state index is 12.6. The summed E-state index contributed by atoms with van der Waals surface area (Å²) >= 11 is 1.04. The topological polar surface area (TPSA) is 90.2 Å². The number of hydrogen-bond acceptors (Lipinski definition) is 7. The highest BCUT2D eigenvalue weighted by atomic mass is 32.2. The van der Waals surface area contributed by atoms with Crippen LogP contribution in [0.4, 0.5) is 5.95 Å². The Labute approximate surface area is 113 Å². The highest BCUT2D eigenvalue weighted by Gasteiger charge is 2.34. The summed E-state index contributed by atoms with van der Waals surface area (Å²) in [5.41, 5.74) is 0. The Hall–Kier alpha value is -1.68. The first kappa shape index (κ1) is 12.4. The van der Waals surface area contributed by atoms with E-state index < -0.39 is 10.0 Å². The Morgan fingerprint density at radius 2 is 2.26 bits per heavy atom. The predicted octanol–water partition coefficient (Wildman–Crippen LogP) is 0.342. The van der Waals surface area contributed by atoms with Gasteiger partial charge in [0.2, 0.25) is 11.8 Å². The van der Waals surface area contributed by atoms with Gasteiger partial charge in [-0.05, 0) is 18.0 Å². The Morgan fingerprint density at radius 3 is 3.05 bits per heavy atom. The minimum absolute atomic E-state index is 0.0662. The fraction of sp³-hybridized carbons (Fsp3) is 0.444. The van der Waals surface area contributed by atoms with Crippen LogP contribution in [0.3, 0.4) is 0 Å². The maximum Gasteiger partial charge on any atom is 0.272 e. The number of sulfonamides is 1. The molecule has 0 amide bonds. The number of aromatic nitrogens is 4. The molecule has 0 saturated heterocycles. The van der Waals surface area contributed by atoms with Crippen molar-refractivity contribution >= 4 is 27.5 Å². The second kappa shape index (κ2) is 4.46. The molecule has 0 atom stereocenters. The van der Waals surface area contributed by atoms with Gasteiger partial charge in [-0.2, -0.15) is 14.5 Å². The normalized spacial score (nSPS) is 15.3. The monoisotopic (exact) mass is 301 g/mol. The van der Waals surface area contributed by atoms with Crippen molar-refractivity contribution in [3.05, 3.63) is 11.7 Å². The molecule has 2 aromatic heterocycles. The first-order valence-electron chi connectivity index (χ1n) is 5.53. The molecular weight excluding hydrogens is 290 g/mol. The van der Waals surface area contributed by atoms with E-state index in [1.807, 2.05) is 0 Å². The molecule has 0 N–H and O–H groups in total. The molecule has 10 heteroatoms. The number of rotatable bonds is 3. The van der Waals surface area contributed by atoms with Crippen LogP contribution in [0, 0.1) is 0 Å². The summed E-state index contributed by atoms with van der Waals surface area (Å²) in [6.45, 7) is 1.04. The molecule has 1 aliphatic rings. The summed E-state index contributed by atoms with van der Waals surface area (Å²) in [6, 6.07) is 0. The van der Waals surface area contributed by atoms with E-state index in [0.29, 0.717) is 25.5 Å². The lowest BCUT2D eigenvalue weighted by Gasteiger charge is -2.26. The molecule has 0 fully saturated rings. The highest BCUT2D eigenvalue weighted by molar-refractivity contribution is 7.93. The molecule has 1 aliphatic heterocycles. The molecule has 0 bridgehead atoms. The lowest BCUT2D eigenvalue weighted by atomic mass is 10.4. The van der Waals surface area contributed by atoms with Gasteiger partial charge in [0.15, 0.2) is 4.90 Å².